The average molecular weight is 576 g/mol. The molecule has 6 nitrogen and oxygen atoms in total. The highest BCUT2D eigenvalue weighted by atomic mass is 19.1. The summed E-state index contributed by atoms with van der Waals surface area (Å²) >= 11 is 0. The number of allylic oxidation sites excluding steroid dienone is 2. The fraction of sp³-hybridized carbons (Fsp3) is 0.265. The second-order valence-electron chi connectivity index (χ2n) is 9.91. The van der Waals surface area contributed by atoms with Crippen LogP contribution in [-0.4, -0.2) is 48.8 Å². The van der Waals surface area contributed by atoms with Crippen molar-refractivity contribution in [3.63, 3.8) is 0 Å². The SMILES string of the molecule is COc1cc(C=CC=CC(=O)O)ccc1O/C=C/CCN1CCC(OC(c2ccc(F)cc2)c2ccc(F)cc2)CC1. The van der Waals surface area contributed by atoms with E-state index in [1.807, 2.05) is 18.2 Å². The van der Waals surface area contributed by atoms with E-state index in [1.54, 1.807) is 55.9 Å². The van der Waals surface area contributed by atoms with Crippen LogP contribution >= 0.6 is 0 Å². The smallest absolute Gasteiger partial charge is 0.328 e. The molecule has 1 heterocycles. The standard InChI is InChI=1S/C34H35F2NO5/c1-40-32-24-25(6-2-3-7-33(38)39)8-17-31(32)41-23-5-4-20-37-21-18-30(19-22-37)42-34(26-9-13-28(35)14-10-26)27-11-15-29(36)16-12-27/h2-3,5-17,23-24,30,34H,4,18-22H2,1H3,(H,38,39)/b6-2?,7-3?,23-5+. The zero-order valence-electron chi connectivity index (χ0n) is 23.5. The maximum absolute atomic E-state index is 13.5. The molecular weight excluding hydrogens is 540 g/mol. The Balaban J connectivity index is 1.23. The number of rotatable bonds is 13. The summed E-state index contributed by atoms with van der Waals surface area (Å²) in [6, 6.07) is 18.0. The number of methoxy groups -OCH3 is 1. The molecule has 3 aromatic rings. The minimum atomic E-state index is -0.999. The van der Waals surface area contributed by atoms with Gasteiger partial charge in [0.25, 0.3) is 0 Å². The Kier molecular flexibility index (Phi) is 11.4. The summed E-state index contributed by atoms with van der Waals surface area (Å²) in [7, 11) is 1.57. The average Bonchev–Trinajstić information content (AvgIpc) is 3.00. The number of piperidine rings is 1. The van der Waals surface area contributed by atoms with Crippen molar-refractivity contribution in [2.45, 2.75) is 31.5 Å². The Labute approximate surface area is 245 Å². The lowest BCUT2D eigenvalue weighted by Gasteiger charge is -2.34. The van der Waals surface area contributed by atoms with Gasteiger partial charge in [-0.05, 0) is 78.4 Å². The van der Waals surface area contributed by atoms with Crippen LogP contribution in [0.2, 0.25) is 0 Å². The second-order valence-corrected chi connectivity index (χ2v) is 9.91. The second kappa shape index (κ2) is 15.7. The number of aliphatic carboxylic acids is 1. The van der Waals surface area contributed by atoms with Crippen LogP contribution < -0.4 is 9.47 Å². The molecule has 1 saturated heterocycles. The van der Waals surface area contributed by atoms with Gasteiger partial charge in [0.1, 0.15) is 17.7 Å². The Morgan fingerprint density at radius 3 is 2.19 bits per heavy atom. The molecule has 1 aliphatic rings. The van der Waals surface area contributed by atoms with Gasteiger partial charge < -0.3 is 24.2 Å². The number of hydrogen-bond acceptors (Lipinski definition) is 5. The number of halogens is 2. The van der Waals surface area contributed by atoms with E-state index in [2.05, 4.69) is 4.90 Å². The van der Waals surface area contributed by atoms with Crippen LogP contribution in [0, 0.1) is 11.6 Å². The summed E-state index contributed by atoms with van der Waals surface area (Å²) in [4.78, 5) is 12.9. The van der Waals surface area contributed by atoms with E-state index < -0.39 is 12.1 Å². The number of carboxylic acids is 1. The van der Waals surface area contributed by atoms with E-state index in [0.29, 0.717) is 11.5 Å². The van der Waals surface area contributed by atoms with Crippen LogP contribution in [0.4, 0.5) is 8.78 Å². The van der Waals surface area contributed by atoms with Gasteiger partial charge >= 0.3 is 5.97 Å². The topological polar surface area (TPSA) is 68.2 Å². The fourth-order valence-corrected chi connectivity index (χ4v) is 4.72. The molecule has 0 amide bonds. The molecule has 0 unspecified atom stereocenters. The highest BCUT2D eigenvalue weighted by Crippen LogP contribution is 2.31. The molecule has 0 aliphatic carbocycles. The lowest BCUT2D eigenvalue weighted by Crippen LogP contribution is -2.38. The number of nitrogens with zero attached hydrogens (tertiary/aromatic N) is 1. The first-order valence-electron chi connectivity index (χ1n) is 13.9. The predicted octanol–water partition coefficient (Wildman–Crippen LogP) is 7.18. The third-order valence-corrected chi connectivity index (χ3v) is 6.94. The molecule has 0 saturated carbocycles. The normalized spacial score (nSPS) is 14.9. The highest BCUT2D eigenvalue weighted by Gasteiger charge is 2.24. The highest BCUT2D eigenvalue weighted by molar-refractivity contribution is 5.80. The third kappa shape index (κ3) is 9.39. The molecule has 0 atom stereocenters. The molecule has 0 spiro atoms. The number of likely N-dealkylation sites (tertiary alicyclic amines) is 1. The van der Waals surface area contributed by atoms with Crippen molar-refractivity contribution >= 4 is 12.0 Å². The lowest BCUT2D eigenvalue weighted by atomic mass is 10.00. The Bertz CT molecular complexity index is 1330. The van der Waals surface area contributed by atoms with Gasteiger partial charge in [-0.2, -0.15) is 0 Å². The van der Waals surface area contributed by atoms with Crippen molar-refractivity contribution in [2.24, 2.45) is 0 Å². The molecular formula is C34H35F2NO5. The van der Waals surface area contributed by atoms with Crippen LogP contribution in [0.5, 0.6) is 11.5 Å². The number of ether oxygens (including phenoxy) is 3. The van der Waals surface area contributed by atoms with Gasteiger partial charge in [-0.3, -0.25) is 0 Å². The number of hydrogen-bond donors (Lipinski definition) is 1. The molecule has 0 aromatic heterocycles. The van der Waals surface area contributed by atoms with Crippen LogP contribution in [0.15, 0.2) is 97.3 Å². The van der Waals surface area contributed by atoms with Crippen LogP contribution in [-0.2, 0) is 9.53 Å². The summed E-state index contributed by atoms with van der Waals surface area (Å²) < 4.78 is 44.8. The van der Waals surface area contributed by atoms with Crippen molar-refractivity contribution in [3.8, 4) is 11.5 Å². The van der Waals surface area contributed by atoms with E-state index in [9.17, 15) is 13.6 Å². The molecule has 42 heavy (non-hydrogen) atoms. The molecule has 4 rings (SSSR count). The number of carboxylic acid groups (broad SMARTS) is 1. The Morgan fingerprint density at radius 1 is 0.952 bits per heavy atom. The van der Waals surface area contributed by atoms with Crippen molar-refractivity contribution in [1.82, 2.24) is 4.90 Å². The number of carbonyl (C=O) groups is 1. The Morgan fingerprint density at radius 2 is 1.60 bits per heavy atom. The quantitative estimate of drug-likeness (QED) is 0.132. The van der Waals surface area contributed by atoms with E-state index in [1.165, 1.54) is 30.3 Å². The minimum absolute atomic E-state index is 0.0405. The lowest BCUT2D eigenvalue weighted by molar-refractivity contribution is -0.131. The fourth-order valence-electron chi connectivity index (χ4n) is 4.72. The van der Waals surface area contributed by atoms with Crippen molar-refractivity contribution in [3.05, 3.63) is 126 Å². The molecule has 1 aliphatic heterocycles. The van der Waals surface area contributed by atoms with E-state index in [-0.39, 0.29) is 17.7 Å². The van der Waals surface area contributed by atoms with E-state index >= 15 is 0 Å². The summed E-state index contributed by atoms with van der Waals surface area (Å²) in [5, 5.41) is 8.66. The predicted molar refractivity (Wildman–Crippen MR) is 158 cm³/mol. The third-order valence-electron chi connectivity index (χ3n) is 6.94. The zero-order chi connectivity index (χ0) is 29.7. The van der Waals surface area contributed by atoms with Crippen LogP contribution in [0.1, 0.15) is 42.1 Å². The van der Waals surface area contributed by atoms with Gasteiger partial charge in [-0.1, -0.05) is 48.6 Å². The summed E-state index contributed by atoms with van der Waals surface area (Å²) in [6.07, 6.45) is 11.8. The summed E-state index contributed by atoms with van der Waals surface area (Å²) in [5.41, 5.74) is 2.53. The maximum atomic E-state index is 13.5. The van der Waals surface area contributed by atoms with E-state index in [4.69, 9.17) is 19.3 Å². The van der Waals surface area contributed by atoms with Crippen molar-refractivity contribution in [2.75, 3.05) is 26.7 Å². The van der Waals surface area contributed by atoms with E-state index in [0.717, 1.165) is 61.7 Å². The summed E-state index contributed by atoms with van der Waals surface area (Å²) in [5.74, 6) is -0.453. The first kappa shape index (κ1) is 30.7. The molecule has 8 heteroatoms. The van der Waals surface area contributed by atoms with Gasteiger partial charge in [0.2, 0.25) is 0 Å². The molecule has 1 N–H and O–H groups in total. The van der Waals surface area contributed by atoms with Gasteiger partial charge in [0.15, 0.2) is 11.5 Å². The minimum Gasteiger partial charge on any atom is -0.493 e. The summed E-state index contributed by atoms with van der Waals surface area (Å²) in [6.45, 7) is 2.67. The first-order chi connectivity index (χ1) is 20.4. The largest absolute Gasteiger partial charge is 0.493 e. The maximum Gasteiger partial charge on any atom is 0.328 e. The molecule has 0 radical (unpaired) electrons. The van der Waals surface area contributed by atoms with Crippen molar-refractivity contribution < 1.29 is 32.9 Å². The van der Waals surface area contributed by atoms with Gasteiger partial charge in [0, 0.05) is 25.7 Å². The van der Waals surface area contributed by atoms with Crippen molar-refractivity contribution in [1.29, 1.82) is 0 Å². The monoisotopic (exact) mass is 575 g/mol. The van der Waals surface area contributed by atoms with Crippen LogP contribution in [0.25, 0.3) is 6.08 Å². The molecule has 1 fully saturated rings. The van der Waals surface area contributed by atoms with Gasteiger partial charge in [-0.15, -0.1) is 0 Å². The number of benzene rings is 3. The molecule has 3 aromatic carbocycles. The molecule has 220 valence electrons. The molecule has 0 bridgehead atoms. The first-order valence-corrected chi connectivity index (χ1v) is 13.9. The van der Waals surface area contributed by atoms with Gasteiger partial charge in [-0.25, -0.2) is 13.6 Å². The van der Waals surface area contributed by atoms with Gasteiger partial charge in [0.05, 0.1) is 19.5 Å². The Hall–Kier alpha value is -4.27. The van der Waals surface area contributed by atoms with Crippen LogP contribution in [0.3, 0.4) is 0 Å². The zero-order valence-corrected chi connectivity index (χ0v) is 23.5.